The van der Waals surface area contributed by atoms with Gasteiger partial charge in [-0.3, -0.25) is 4.79 Å². The monoisotopic (exact) mass is 328 g/mol. The predicted molar refractivity (Wildman–Crippen MR) is 76.4 cm³/mol. The van der Waals surface area contributed by atoms with Crippen molar-refractivity contribution in [3.63, 3.8) is 0 Å². The van der Waals surface area contributed by atoms with Crippen molar-refractivity contribution in [2.24, 2.45) is 11.7 Å². The van der Waals surface area contributed by atoms with E-state index in [-0.39, 0.29) is 17.8 Å². The summed E-state index contributed by atoms with van der Waals surface area (Å²) in [7, 11) is 0. The topological polar surface area (TPSA) is 55.1 Å². The number of rotatable bonds is 3. The molecule has 2 rings (SSSR count). The van der Waals surface area contributed by atoms with Gasteiger partial charge in [-0.2, -0.15) is 0 Å². The molecule has 0 radical (unpaired) electrons. The van der Waals surface area contributed by atoms with Gasteiger partial charge in [0.15, 0.2) is 0 Å². The number of hydrogen-bond donors (Lipinski definition) is 2. The molecule has 19 heavy (non-hydrogen) atoms. The van der Waals surface area contributed by atoms with Crippen LogP contribution in [0.5, 0.6) is 0 Å². The molecule has 5 heteroatoms. The van der Waals surface area contributed by atoms with Gasteiger partial charge >= 0.3 is 0 Å². The van der Waals surface area contributed by atoms with Gasteiger partial charge in [0.2, 0.25) is 0 Å². The Morgan fingerprint density at radius 3 is 2.84 bits per heavy atom. The summed E-state index contributed by atoms with van der Waals surface area (Å²) in [5, 5.41) is 3.02. The first-order valence-corrected chi connectivity index (χ1v) is 7.37. The number of carbonyl (C=O) groups is 1. The summed E-state index contributed by atoms with van der Waals surface area (Å²) < 4.78 is 13.4. The average Bonchev–Trinajstić information content (AvgIpc) is 2.42. The van der Waals surface area contributed by atoms with Crippen molar-refractivity contribution in [2.45, 2.75) is 31.7 Å². The van der Waals surface area contributed by atoms with Crippen LogP contribution in [0.3, 0.4) is 0 Å². The lowest BCUT2D eigenvalue weighted by Crippen LogP contribution is -2.44. The Hall–Kier alpha value is -0.940. The highest BCUT2D eigenvalue weighted by Crippen LogP contribution is 2.24. The van der Waals surface area contributed by atoms with E-state index in [9.17, 15) is 9.18 Å². The van der Waals surface area contributed by atoms with E-state index >= 15 is 0 Å². The molecule has 0 spiro atoms. The Balaban J connectivity index is 2.05. The van der Waals surface area contributed by atoms with Crippen molar-refractivity contribution >= 4 is 21.8 Å². The van der Waals surface area contributed by atoms with Crippen LogP contribution in [-0.2, 0) is 0 Å². The number of halogens is 2. The molecule has 1 aromatic carbocycles. The average molecular weight is 329 g/mol. The molecule has 1 aliphatic carbocycles. The molecule has 2 atom stereocenters. The Labute approximate surface area is 120 Å². The summed E-state index contributed by atoms with van der Waals surface area (Å²) in [4.78, 5) is 12.1. The van der Waals surface area contributed by atoms with E-state index in [0.717, 1.165) is 19.3 Å². The first-order chi connectivity index (χ1) is 9.11. The summed E-state index contributed by atoms with van der Waals surface area (Å²) >= 11 is 3.09. The van der Waals surface area contributed by atoms with Crippen LogP contribution >= 0.6 is 15.9 Å². The zero-order valence-electron chi connectivity index (χ0n) is 10.7. The number of amides is 1. The SMILES string of the molecule is NCC1CCCCC1NC(=O)c1ccc(F)c(Br)c1. The van der Waals surface area contributed by atoms with Crippen LogP contribution in [0.25, 0.3) is 0 Å². The minimum Gasteiger partial charge on any atom is -0.349 e. The predicted octanol–water partition coefficient (Wildman–Crippen LogP) is 2.84. The zero-order chi connectivity index (χ0) is 13.8. The zero-order valence-corrected chi connectivity index (χ0v) is 12.2. The van der Waals surface area contributed by atoms with E-state index in [4.69, 9.17) is 5.73 Å². The fourth-order valence-electron chi connectivity index (χ4n) is 2.57. The summed E-state index contributed by atoms with van der Waals surface area (Å²) in [5.74, 6) is -0.179. The second-order valence-electron chi connectivity index (χ2n) is 4.99. The molecule has 0 aliphatic heterocycles. The van der Waals surface area contributed by atoms with E-state index < -0.39 is 0 Å². The van der Waals surface area contributed by atoms with E-state index in [1.165, 1.54) is 24.6 Å². The summed E-state index contributed by atoms with van der Waals surface area (Å²) in [6.07, 6.45) is 4.33. The van der Waals surface area contributed by atoms with E-state index in [1.807, 2.05) is 0 Å². The maximum Gasteiger partial charge on any atom is 0.251 e. The minimum absolute atomic E-state index is 0.134. The Kier molecular flexibility index (Phi) is 4.93. The molecule has 1 amide bonds. The Bertz CT molecular complexity index is 467. The summed E-state index contributed by atoms with van der Waals surface area (Å²) in [6, 6.07) is 4.43. The highest BCUT2D eigenvalue weighted by Gasteiger charge is 2.25. The van der Waals surface area contributed by atoms with Crippen molar-refractivity contribution < 1.29 is 9.18 Å². The first kappa shape index (κ1) is 14.5. The van der Waals surface area contributed by atoms with Gasteiger partial charge in [0.05, 0.1) is 4.47 Å². The van der Waals surface area contributed by atoms with Crippen LogP contribution in [-0.4, -0.2) is 18.5 Å². The van der Waals surface area contributed by atoms with Crippen molar-refractivity contribution in [1.82, 2.24) is 5.32 Å². The molecule has 0 saturated heterocycles. The number of nitrogens with two attached hydrogens (primary N) is 1. The smallest absolute Gasteiger partial charge is 0.251 e. The lowest BCUT2D eigenvalue weighted by molar-refractivity contribution is 0.0908. The van der Waals surface area contributed by atoms with Crippen LogP contribution in [0.15, 0.2) is 22.7 Å². The Morgan fingerprint density at radius 1 is 1.42 bits per heavy atom. The molecule has 1 aliphatic rings. The van der Waals surface area contributed by atoms with Gasteiger partial charge in [-0.05, 0) is 59.4 Å². The molecule has 2 unspecified atom stereocenters. The van der Waals surface area contributed by atoms with Crippen molar-refractivity contribution in [2.75, 3.05) is 6.54 Å². The van der Waals surface area contributed by atoms with Crippen molar-refractivity contribution in [3.05, 3.63) is 34.1 Å². The molecule has 1 aromatic rings. The van der Waals surface area contributed by atoms with Crippen LogP contribution in [0.2, 0.25) is 0 Å². The first-order valence-electron chi connectivity index (χ1n) is 6.58. The second-order valence-corrected chi connectivity index (χ2v) is 5.84. The second kappa shape index (κ2) is 6.48. The normalized spacial score (nSPS) is 23.1. The highest BCUT2D eigenvalue weighted by molar-refractivity contribution is 9.10. The molecule has 3 N–H and O–H groups in total. The van der Waals surface area contributed by atoms with E-state index in [1.54, 1.807) is 0 Å². The molecule has 0 bridgehead atoms. The number of nitrogens with one attached hydrogen (secondary N) is 1. The molecular formula is C14H18BrFN2O. The summed E-state index contributed by atoms with van der Waals surface area (Å²) in [5.41, 5.74) is 6.21. The van der Waals surface area contributed by atoms with E-state index in [2.05, 4.69) is 21.2 Å². The molecule has 3 nitrogen and oxygen atoms in total. The van der Waals surface area contributed by atoms with Gasteiger partial charge < -0.3 is 11.1 Å². The quantitative estimate of drug-likeness (QED) is 0.896. The van der Waals surface area contributed by atoms with Gasteiger partial charge in [0.25, 0.3) is 5.91 Å². The molecule has 0 aromatic heterocycles. The molecule has 0 heterocycles. The lowest BCUT2D eigenvalue weighted by atomic mass is 9.84. The van der Waals surface area contributed by atoms with E-state index in [0.29, 0.717) is 22.5 Å². The summed E-state index contributed by atoms with van der Waals surface area (Å²) in [6.45, 7) is 0.595. The van der Waals surface area contributed by atoms with Gasteiger partial charge in [-0.15, -0.1) is 0 Å². The third-order valence-corrected chi connectivity index (χ3v) is 4.32. The van der Waals surface area contributed by atoms with Crippen LogP contribution in [0.1, 0.15) is 36.0 Å². The van der Waals surface area contributed by atoms with Crippen LogP contribution in [0.4, 0.5) is 4.39 Å². The number of hydrogen-bond acceptors (Lipinski definition) is 2. The van der Waals surface area contributed by atoms with Gasteiger partial charge in [0, 0.05) is 11.6 Å². The molecule has 1 fully saturated rings. The Morgan fingerprint density at radius 2 is 2.16 bits per heavy atom. The van der Waals surface area contributed by atoms with Crippen molar-refractivity contribution in [1.29, 1.82) is 0 Å². The third-order valence-electron chi connectivity index (χ3n) is 3.71. The number of benzene rings is 1. The fourth-order valence-corrected chi connectivity index (χ4v) is 2.95. The maximum absolute atomic E-state index is 13.1. The van der Waals surface area contributed by atoms with Gasteiger partial charge in [-0.25, -0.2) is 4.39 Å². The van der Waals surface area contributed by atoms with Crippen LogP contribution in [0, 0.1) is 11.7 Å². The van der Waals surface area contributed by atoms with Crippen LogP contribution < -0.4 is 11.1 Å². The van der Waals surface area contributed by atoms with Gasteiger partial charge in [-0.1, -0.05) is 12.8 Å². The minimum atomic E-state index is -0.367. The highest BCUT2D eigenvalue weighted by atomic mass is 79.9. The maximum atomic E-state index is 13.1. The molecule has 104 valence electrons. The standard InChI is InChI=1S/C14H18BrFN2O/c15-11-7-9(5-6-12(11)16)14(19)18-13-4-2-1-3-10(13)8-17/h5-7,10,13H,1-4,8,17H2,(H,18,19). The molecule has 1 saturated carbocycles. The van der Waals surface area contributed by atoms with Crippen molar-refractivity contribution in [3.8, 4) is 0 Å². The fraction of sp³-hybridized carbons (Fsp3) is 0.500. The lowest BCUT2D eigenvalue weighted by Gasteiger charge is -2.31. The number of carbonyl (C=O) groups excluding carboxylic acids is 1. The largest absolute Gasteiger partial charge is 0.349 e. The third kappa shape index (κ3) is 3.54. The molecular weight excluding hydrogens is 311 g/mol. The van der Waals surface area contributed by atoms with Gasteiger partial charge in [0.1, 0.15) is 5.82 Å².